The lowest BCUT2D eigenvalue weighted by Crippen LogP contribution is -1.80. The van der Waals surface area contributed by atoms with Crippen molar-refractivity contribution in [3.05, 3.63) is 0 Å². The molecule has 0 saturated carbocycles. The van der Waals surface area contributed by atoms with E-state index < -0.39 is 0 Å². The first-order chi connectivity index (χ1) is 4.91. The Morgan fingerprint density at radius 2 is 1.40 bits per heavy atom. The van der Waals surface area contributed by atoms with Crippen LogP contribution in [0.25, 0.3) is 0 Å². The number of rotatable bonds is 7. The lowest BCUT2D eigenvalue weighted by Gasteiger charge is -1.98. The Bertz CT molecular complexity index is 44.7. The van der Waals surface area contributed by atoms with Gasteiger partial charge in [-0.25, -0.2) is 0 Å². The Morgan fingerprint density at radius 1 is 0.800 bits per heavy atom. The molecule has 1 heteroatoms. The Balaban J connectivity index is 2.65. The molecule has 0 bridgehead atoms. The highest BCUT2D eigenvalue weighted by Crippen LogP contribution is 2.14. The van der Waals surface area contributed by atoms with Crippen molar-refractivity contribution in [2.24, 2.45) is 0 Å². The number of hydrogen-bond acceptors (Lipinski definition) is 0. The fraction of sp³-hybridized carbons (Fsp3) is 1.00. The molecular weight excluding hydrogens is 139 g/mol. The van der Waals surface area contributed by atoms with Crippen LogP contribution >= 0.6 is 8.58 Å². The van der Waals surface area contributed by atoms with Crippen molar-refractivity contribution < 1.29 is 0 Å². The topological polar surface area (TPSA) is 0 Å². The molecule has 1 unspecified atom stereocenters. The van der Waals surface area contributed by atoms with E-state index in [1.165, 1.54) is 53.0 Å². The molecule has 0 amide bonds. The Hall–Kier alpha value is 0.430. The first-order valence-electron chi connectivity index (χ1n) is 4.62. The molecule has 0 spiro atoms. The van der Waals surface area contributed by atoms with E-state index in [1.807, 2.05) is 0 Å². The van der Waals surface area contributed by atoms with E-state index in [0.717, 1.165) is 0 Å². The zero-order valence-corrected chi connectivity index (χ0v) is 8.45. The van der Waals surface area contributed by atoms with Gasteiger partial charge in [0.1, 0.15) is 0 Å². The molecule has 0 N–H and O–H groups in total. The van der Waals surface area contributed by atoms with Crippen LogP contribution < -0.4 is 0 Å². The van der Waals surface area contributed by atoms with Gasteiger partial charge in [-0.05, 0) is 25.2 Å². The summed E-state index contributed by atoms with van der Waals surface area (Å²) in [6.45, 7) is 4.55. The molecule has 62 valence electrons. The van der Waals surface area contributed by atoms with Gasteiger partial charge in [0.25, 0.3) is 0 Å². The van der Waals surface area contributed by atoms with Crippen molar-refractivity contribution in [3.63, 3.8) is 0 Å². The molecule has 0 nitrogen and oxygen atoms in total. The molecule has 0 fully saturated rings. The largest absolute Gasteiger partial charge is 0.122 e. The van der Waals surface area contributed by atoms with Crippen LogP contribution in [0.15, 0.2) is 0 Å². The lowest BCUT2D eigenvalue weighted by atomic mass is 10.3. The maximum absolute atomic E-state index is 2.27. The lowest BCUT2D eigenvalue weighted by molar-refractivity contribution is 0.775. The van der Waals surface area contributed by atoms with Gasteiger partial charge in [-0.3, -0.25) is 0 Å². The molecule has 0 saturated heterocycles. The van der Waals surface area contributed by atoms with Crippen molar-refractivity contribution in [2.75, 3.05) is 12.3 Å². The zero-order valence-electron chi connectivity index (χ0n) is 7.45. The predicted molar refractivity (Wildman–Crippen MR) is 52.5 cm³/mol. The summed E-state index contributed by atoms with van der Waals surface area (Å²) in [5, 5.41) is 0. The van der Waals surface area contributed by atoms with E-state index in [0.29, 0.717) is 0 Å². The maximum atomic E-state index is 2.27. The van der Waals surface area contributed by atoms with Crippen molar-refractivity contribution in [3.8, 4) is 0 Å². The van der Waals surface area contributed by atoms with Crippen molar-refractivity contribution in [1.29, 1.82) is 0 Å². The minimum absolute atomic E-state index is 1.25. The average Bonchev–Trinajstić information content (AvgIpc) is 1.97. The average molecular weight is 160 g/mol. The van der Waals surface area contributed by atoms with Gasteiger partial charge in [0.15, 0.2) is 0 Å². The van der Waals surface area contributed by atoms with E-state index in [2.05, 4.69) is 13.8 Å². The Labute approximate surface area is 67.6 Å². The molecule has 1 atom stereocenters. The first kappa shape index (κ1) is 10.4. The Kier molecular flexibility index (Phi) is 9.84. The third kappa shape index (κ3) is 8.43. The van der Waals surface area contributed by atoms with E-state index in [-0.39, 0.29) is 0 Å². The molecule has 0 heterocycles. The summed E-state index contributed by atoms with van der Waals surface area (Å²) >= 11 is 0. The van der Waals surface area contributed by atoms with E-state index in [1.54, 1.807) is 0 Å². The second-order valence-electron chi connectivity index (χ2n) is 2.81. The molecule has 0 aliphatic carbocycles. The quantitative estimate of drug-likeness (QED) is 0.394. The summed E-state index contributed by atoms with van der Waals surface area (Å²) in [4.78, 5) is 0. The fourth-order valence-electron chi connectivity index (χ4n) is 0.927. The molecule has 0 aromatic heterocycles. The van der Waals surface area contributed by atoms with Crippen LogP contribution in [0.5, 0.6) is 0 Å². The fourth-order valence-corrected chi connectivity index (χ4v) is 2.28. The summed E-state index contributed by atoms with van der Waals surface area (Å²) in [6, 6.07) is 0. The van der Waals surface area contributed by atoms with Gasteiger partial charge >= 0.3 is 0 Å². The highest BCUT2D eigenvalue weighted by molar-refractivity contribution is 7.37. The summed E-state index contributed by atoms with van der Waals surface area (Å²) < 4.78 is 0. The van der Waals surface area contributed by atoms with E-state index >= 15 is 0 Å². The molecule has 0 aromatic rings. The zero-order chi connectivity index (χ0) is 7.66. The molecular formula is C9H21P. The summed E-state index contributed by atoms with van der Waals surface area (Å²) in [7, 11) is 1.25. The normalized spacial score (nSPS) is 11.4. The van der Waals surface area contributed by atoms with Crippen molar-refractivity contribution in [1.82, 2.24) is 0 Å². The molecule has 0 radical (unpaired) electrons. The van der Waals surface area contributed by atoms with Crippen LogP contribution in [0.4, 0.5) is 0 Å². The third-order valence-corrected chi connectivity index (χ3v) is 3.08. The van der Waals surface area contributed by atoms with Crippen LogP contribution in [-0.2, 0) is 0 Å². The second kappa shape index (κ2) is 9.43. The van der Waals surface area contributed by atoms with Gasteiger partial charge in [-0.1, -0.05) is 33.1 Å². The summed E-state index contributed by atoms with van der Waals surface area (Å²) in [6.07, 6.45) is 10.1. The van der Waals surface area contributed by atoms with Crippen molar-refractivity contribution >= 4 is 8.58 Å². The Morgan fingerprint density at radius 3 is 2.00 bits per heavy atom. The molecule has 10 heavy (non-hydrogen) atoms. The predicted octanol–water partition coefficient (Wildman–Crippen LogP) is 3.66. The summed E-state index contributed by atoms with van der Waals surface area (Å²) in [5.74, 6) is 0. The standard InChI is InChI=1S/C9H21P/c1-3-5-7-9-10-8-6-4-2/h10H,3-9H2,1-2H3. The SMILES string of the molecule is CCCCCPCCCC. The van der Waals surface area contributed by atoms with Crippen molar-refractivity contribution in [2.45, 2.75) is 46.0 Å². The van der Waals surface area contributed by atoms with Gasteiger partial charge in [0.05, 0.1) is 0 Å². The van der Waals surface area contributed by atoms with E-state index in [4.69, 9.17) is 0 Å². The maximum Gasteiger partial charge on any atom is -0.0353 e. The van der Waals surface area contributed by atoms with Crippen LogP contribution in [0.3, 0.4) is 0 Å². The van der Waals surface area contributed by atoms with Gasteiger partial charge in [0.2, 0.25) is 0 Å². The van der Waals surface area contributed by atoms with Crippen LogP contribution in [0.2, 0.25) is 0 Å². The number of hydrogen-bond donors (Lipinski definition) is 0. The van der Waals surface area contributed by atoms with Crippen LogP contribution in [-0.4, -0.2) is 12.3 Å². The highest BCUT2D eigenvalue weighted by atomic mass is 31.1. The minimum atomic E-state index is 1.25. The van der Waals surface area contributed by atoms with Gasteiger partial charge in [0, 0.05) is 0 Å². The molecule has 0 rings (SSSR count). The highest BCUT2D eigenvalue weighted by Gasteiger charge is 1.87. The van der Waals surface area contributed by atoms with Crippen LogP contribution in [0.1, 0.15) is 46.0 Å². The third-order valence-electron chi connectivity index (χ3n) is 1.66. The van der Waals surface area contributed by atoms with Gasteiger partial charge < -0.3 is 0 Å². The first-order valence-corrected chi connectivity index (χ1v) is 6.04. The van der Waals surface area contributed by atoms with Gasteiger partial charge in [-0.2, -0.15) is 0 Å². The molecule has 0 aliphatic heterocycles. The van der Waals surface area contributed by atoms with E-state index in [9.17, 15) is 0 Å². The van der Waals surface area contributed by atoms with Crippen LogP contribution in [0, 0.1) is 0 Å². The van der Waals surface area contributed by atoms with Gasteiger partial charge in [-0.15, -0.1) is 8.58 Å². The molecule has 0 aromatic carbocycles. The monoisotopic (exact) mass is 160 g/mol. The minimum Gasteiger partial charge on any atom is -0.122 e. The summed E-state index contributed by atoms with van der Waals surface area (Å²) in [5.41, 5.74) is 0. The second-order valence-corrected chi connectivity index (χ2v) is 4.31. The smallest absolute Gasteiger partial charge is 0.0353 e. The molecule has 0 aliphatic rings. The number of unbranched alkanes of at least 4 members (excludes halogenated alkanes) is 3.